The third kappa shape index (κ3) is 5.25. The number of aliphatic hydroxyl groups is 1. The van der Waals surface area contributed by atoms with Gasteiger partial charge in [0.05, 0.1) is 5.02 Å². The van der Waals surface area contributed by atoms with Crippen molar-refractivity contribution in [2.75, 3.05) is 19.7 Å². The van der Waals surface area contributed by atoms with Gasteiger partial charge in [0.25, 0.3) is 0 Å². The quantitative estimate of drug-likeness (QED) is 0.846. The molecule has 0 fully saturated rings. The first-order valence-electron chi connectivity index (χ1n) is 5.45. The Morgan fingerprint density at radius 1 is 1.53 bits per heavy atom. The van der Waals surface area contributed by atoms with Crippen molar-refractivity contribution in [1.82, 2.24) is 5.32 Å². The van der Waals surface area contributed by atoms with Gasteiger partial charge in [-0.05, 0) is 31.7 Å². The number of halogens is 2. The summed E-state index contributed by atoms with van der Waals surface area (Å²) in [5, 5.41) is 13.6. The van der Waals surface area contributed by atoms with Gasteiger partial charge in [-0.1, -0.05) is 34.5 Å². The molecular weight excluding hydrogens is 305 g/mol. The average molecular weight is 323 g/mol. The minimum atomic E-state index is -0.910. The van der Waals surface area contributed by atoms with Crippen LogP contribution in [0.1, 0.15) is 13.8 Å². The summed E-state index contributed by atoms with van der Waals surface area (Å²) in [7, 11) is 0. The van der Waals surface area contributed by atoms with Gasteiger partial charge in [-0.2, -0.15) is 0 Å². The summed E-state index contributed by atoms with van der Waals surface area (Å²) in [6.45, 7) is 5.21. The molecule has 5 heteroatoms. The average Bonchev–Trinajstić information content (AvgIpc) is 2.25. The number of nitrogens with one attached hydrogen (secondary N) is 1. The van der Waals surface area contributed by atoms with E-state index in [1.165, 1.54) is 0 Å². The minimum Gasteiger partial charge on any atom is -0.489 e. The third-order valence-corrected chi connectivity index (χ3v) is 2.98. The fraction of sp³-hybridized carbons (Fsp3) is 0.500. The van der Waals surface area contributed by atoms with Crippen molar-refractivity contribution in [3.63, 3.8) is 0 Å². The number of hydrogen-bond acceptors (Lipinski definition) is 3. The molecule has 0 aliphatic heterocycles. The lowest BCUT2D eigenvalue weighted by Gasteiger charge is -2.24. The maximum Gasteiger partial charge on any atom is 0.138 e. The fourth-order valence-corrected chi connectivity index (χ4v) is 2.00. The Hall–Kier alpha value is -0.290. The van der Waals surface area contributed by atoms with E-state index in [-0.39, 0.29) is 6.61 Å². The number of hydrogen-bond donors (Lipinski definition) is 2. The second kappa shape index (κ2) is 6.59. The maximum absolute atomic E-state index is 10.0. The molecule has 1 unspecified atom stereocenters. The molecule has 1 aromatic carbocycles. The molecular formula is C12H17BrClNO2. The van der Waals surface area contributed by atoms with Gasteiger partial charge in [-0.15, -0.1) is 0 Å². The van der Waals surface area contributed by atoms with E-state index in [1.54, 1.807) is 19.1 Å². The molecule has 17 heavy (non-hydrogen) atoms. The number of rotatable bonds is 6. The second-order valence-corrected chi connectivity index (χ2v) is 5.46. The number of benzene rings is 1. The first-order valence-corrected chi connectivity index (χ1v) is 6.62. The van der Waals surface area contributed by atoms with Crippen molar-refractivity contribution >= 4 is 27.5 Å². The Bertz CT molecular complexity index is 372. The number of likely N-dealkylation sites (N-methyl/N-ethyl adjacent to an activating group) is 1. The zero-order chi connectivity index (χ0) is 12.9. The van der Waals surface area contributed by atoms with E-state index in [2.05, 4.69) is 21.2 Å². The Kier molecular flexibility index (Phi) is 5.73. The second-order valence-electron chi connectivity index (χ2n) is 4.14. The predicted molar refractivity (Wildman–Crippen MR) is 73.8 cm³/mol. The molecule has 1 rings (SSSR count). The highest BCUT2D eigenvalue weighted by Crippen LogP contribution is 2.28. The van der Waals surface area contributed by atoms with Crippen LogP contribution in [0.3, 0.4) is 0 Å². The van der Waals surface area contributed by atoms with E-state index in [0.29, 0.717) is 17.3 Å². The van der Waals surface area contributed by atoms with E-state index >= 15 is 0 Å². The van der Waals surface area contributed by atoms with Crippen molar-refractivity contribution in [3.8, 4) is 5.75 Å². The van der Waals surface area contributed by atoms with Gasteiger partial charge in [0.1, 0.15) is 18.0 Å². The molecule has 0 heterocycles. The number of ether oxygens (including phenoxy) is 1. The Balaban J connectivity index is 2.54. The monoisotopic (exact) mass is 321 g/mol. The summed E-state index contributed by atoms with van der Waals surface area (Å²) < 4.78 is 6.41. The molecule has 1 aromatic rings. The van der Waals surface area contributed by atoms with Crippen LogP contribution in [-0.2, 0) is 0 Å². The minimum absolute atomic E-state index is 0.196. The smallest absolute Gasteiger partial charge is 0.138 e. The van der Waals surface area contributed by atoms with Gasteiger partial charge in [-0.3, -0.25) is 0 Å². The van der Waals surface area contributed by atoms with Gasteiger partial charge < -0.3 is 15.2 Å². The molecule has 0 bridgehead atoms. The summed E-state index contributed by atoms with van der Waals surface area (Å²) in [6, 6.07) is 5.38. The van der Waals surface area contributed by atoms with E-state index in [0.717, 1.165) is 11.0 Å². The van der Waals surface area contributed by atoms with Gasteiger partial charge in [0, 0.05) is 11.0 Å². The van der Waals surface area contributed by atoms with Crippen molar-refractivity contribution in [2.24, 2.45) is 0 Å². The highest BCUT2D eigenvalue weighted by atomic mass is 79.9. The summed E-state index contributed by atoms with van der Waals surface area (Å²) in [4.78, 5) is 0. The first-order chi connectivity index (χ1) is 7.94. The maximum atomic E-state index is 10.0. The molecule has 1 atom stereocenters. The predicted octanol–water partition coefficient (Wildman–Crippen LogP) is 2.84. The molecule has 0 aliphatic carbocycles. The van der Waals surface area contributed by atoms with Gasteiger partial charge in [-0.25, -0.2) is 0 Å². The SMILES string of the molecule is CCNCC(C)(O)COc1ccc(Br)cc1Cl. The van der Waals surface area contributed by atoms with Crippen molar-refractivity contribution in [1.29, 1.82) is 0 Å². The van der Waals surface area contributed by atoms with Crippen LogP contribution < -0.4 is 10.1 Å². The Morgan fingerprint density at radius 3 is 2.82 bits per heavy atom. The lowest BCUT2D eigenvalue weighted by Crippen LogP contribution is -2.42. The van der Waals surface area contributed by atoms with Crippen molar-refractivity contribution < 1.29 is 9.84 Å². The lowest BCUT2D eigenvalue weighted by atomic mass is 10.1. The highest BCUT2D eigenvalue weighted by molar-refractivity contribution is 9.10. The summed E-state index contributed by atoms with van der Waals surface area (Å²) >= 11 is 9.33. The molecule has 96 valence electrons. The lowest BCUT2D eigenvalue weighted by molar-refractivity contribution is 0.0128. The van der Waals surface area contributed by atoms with E-state index in [1.807, 2.05) is 13.0 Å². The Labute approximate surface area is 115 Å². The normalized spacial score (nSPS) is 14.4. The molecule has 2 N–H and O–H groups in total. The summed E-state index contributed by atoms with van der Waals surface area (Å²) in [6.07, 6.45) is 0. The van der Waals surface area contributed by atoms with Gasteiger partial charge >= 0.3 is 0 Å². The van der Waals surface area contributed by atoms with Crippen molar-refractivity contribution in [3.05, 3.63) is 27.7 Å². The largest absolute Gasteiger partial charge is 0.489 e. The topological polar surface area (TPSA) is 41.5 Å². The molecule has 0 radical (unpaired) electrons. The zero-order valence-electron chi connectivity index (χ0n) is 9.96. The standard InChI is InChI=1S/C12H17BrClNO2/c1-3-15-7-12(2,16)8-17-11-5-4-9(13)6-10(11)14/h4-6,15-16H,3,7-8H2,1-2H3. The van der Waals surface area contributed by atoms with Crippen LogP contribution in [0.25, 0.3) is 0 Å². The summed E-state index contributed by atoms with van der Waals surface area (Å²) in [5.41, 5.74) is -0.910. The summed E-state index contributed by atoms with van der Waals surface area (Å²) in [5.74, 6) is 0.576. The van der Waals surface area contributed by atoms with E-state index in [9.17, 15) is 5.11 Å². The third-order valence-electron chi connectivity index (χ3n) is 2.19. The van der Waals surface area contributed by atoms with Crippen LogP contribution >= 0.6 is 27.5 Å². The molecule has 0 saturated carbocycles. The van der Waals surface area contributed by atoms with Crippen LogP contribution in [0.5, 0.6) is 5.75 Å². The fourth-order valence-electron chi connectivity index (χ4n) is 1.27. The van der Waals surface area contributed by atoms with Crippen LogP contribution in [0.15, 0.2) is 22.7 Å². The molecule has 0 aliphatic rings. The highest BCUT2D eigenvalue weighted by Gasteiger charge is 2.21. The molecule has 0 saturated heterocycles. The molecule has 0 spiro atoms. The molecule has 0 aromatic heterocycles. The van der Waals surface area contributed by atoms with Gasteiger partial charge in [0.15, 0.2) is 0 Å². The van der Waals surface area contributed by atoms with E-state index < -0.39 is 5.60 Å². The van der Waals surface area contributed by atoms with Crippen LogP contribution in [0.4, 0.5) is 0 Å². The van der Waals surface area contributed by atoms with Crippen LogP contribution in [0.2, 0.25) is 5.02 Å². The molecule has 3 nitrogen and oxygen atoms in total. The molecule has 0 amide bonds. The first kappa shape index (κ1) is 14.8. The van der Waals surface area contributed by atoms with Crippen LogP contribution in [-0.4, -0.2) is 30.4 Å². The van der Waals surface area contributed by atoms with Gasteiger partial charge in [0.2, 0.25) is 0 Å². The Morgan fingerprint density at radius 2 is 2.24 bits per heavy atom. The van der Waals surface area contributed by atoms with Crippen LogP contribution in [0, 0.1) is 0 Å². The van der Waals surface area contributed by atoms with E-state index in [4.69, 9.17) is 16.3 Å². The zero-order valence-corrected chi connectivity index (χ0v) is 12.3. The van der Waals surface area contributed by atoms with Crippen molar-refractivity contribution in [2.45, 2.75) is 19.4 Å².